The Kier molecular flexibility index (Phi) is 7.60. The van der Waals surface area contributed by atoms with E-state index in [1.807, 2.05) is 0 Å². The van der Waals surface area contributed by atoms with Gasteiger partial charge in [-0.1, -0.05) is 6.92 Å². The van der Waals surface area contributed by atoms with E-state index in [-0.39, 0.29) is 29.3 Å². The van der Waals surface area contributed by atoms with Gasteiger partial charge >= 0.3 is 0 Å². The highest BCUT2D eigenvalue weighted by molar-refractivity contribution is 9.10. The Morgan fingerprint density at radius 3 is 2.43 bits per heavy atom. The molecule has 0 saturated carbocycles. The Morgan fingerprint density at radius 2 is 1.87 bits per heavy atom. The van der Waals surface area contributed by atoms with Crippen molar-refractivity contribution in [3.8, 4) is 11.5 Å². The molecular formula is C14H22BrClN2O4S. The zero-order valence-corrected chi connectivity index (χ0v) is 16.5. The molecular weight excluding hydrogens is 408 g/mol. The van der Waals surface area contributed by atoms with E-state index < -0.39 is 10.0 Å². The summed E-state index contributed by atoms with van der Waals surface area (Å²) in [6.07, 6.45) is 0.945. The standard InChI is InChI=1S/C14H21BrN2O4S.ClH/c1-9-4-5-16-8-11(9)17-22(18,19)14-7-13(21-3)12(20-2)6-10(14)15;/h6-7,9,11,16-17H,4-5,8H2,1-3H3;1H. The van der Waals surface area contributed by atoms with Crippen LogP contribution in [-0.4, -0.2) is 41.8 Å². The minimum atomic E-state index is -3.65. The van der Waals surface area contributed by atoms with Gasteiger partial charge in [-0.25, -0.2) is 13.1 Å². The Balaban J connectivity index is 0.00000264. The van der Waals surface area contributed by atoms with Crippen molar-refractivity contribution in [3.63, 3.8) is 0 Å². The molecule has 9 heteroatoms. The second-order valence-corrected chi connectivity index (χ2v) is 7.87. The van der Waals surface area contributed by atoms with Crippen molar-refractivity contribution in [3.05, 3.63) is 16.6 Å². The van der Waals surface area contributed by atoms with Gasteiger partial charge < -0.3 is 14.8 Å². The fourth-order valence-corrected chi connectivity index (χ4v) is 4.83. The van der Waals surface area contributed by atoms with E-state index in [0.29, 0.717) is 22.5 Å². The molecule has 1 aliphatic rings. The average Bonchev–Trinajstić information content (AvgIpc) is 2.48. The first kappa shape index (κ1) is 20.5. The van der Waals surface area contributed by atoms with Gasteiger partial charge in [0.15, 0.2) is 11.5 Å². The zero-order valence-electron chi connectivity index (χ0n) is 13.3. The summed E-state index contributed by atoms with van der Waals surface area (Å²) in [7, 11) is -0.673. The van der Waals surface area contributed by atoms with Crippen LogP contribution >= 0.6 is 28.3 Å². The number of hydrogen-bond acceptors (Lipinski definition) is 5. The Bertz CT molecular complexity index is 642. The number of sulfonamides is 1. The van der Waals surface area contributed by atoms with Crippen LogP contribution in [0.2, 0.25) is 0 Å². The zero-order chi connectivity index (χ0) is 16.3. The lowest BCUT2D eigenvalue weighted by molar-refractivity contribution is 0.327. The normalized spacial score (nSPS) is 21.4. The van der Waals surface area contributed by atoms with Gasteiger partial charge in [0, 0.05) is 23.1 Å². The van der Waals surface area contributed by atoms with Crippen LogP contribution in [0, 0.1) is 5.92 Å². The molecule has 1 fully saturated rings. The number of methoxy groups -OCH3 is 2. The molecule has 0 bridgehead atoms. The highest BCUT2D eigenvalue weighted by atomic mass is 79.9. The number of benzene rings is 1. The Hall–Kier alpha value is -0.540. The Morgan fingerprint density at radius 1 is 1.26 bits per heavy atom. The fraction of sp³-hybridized carbons (Fsp3) is 0.571. The number of piperidine rings is 1. The van der Waals surface area contributed by atoms with Gasteiger partial charge in [-0.15, -0.1) is 12.4 Å². The van der Waals surface area contributed by atoms with Crippen LogP contribution in [0.25, 0.3) is 0 Å². The largest absolute Gasteiger partial charge is 0.493 e. The summed E-state index contributed by atoms with van der Waals surface area (Å²) < 4.78 is 38.9. The highest BCUT2D eigenvalue weighted by Gasteiger charge is 2.28. The lowest BCUT2D eigenvalue weighted by Gasteiger charge is -2.30. The topological polar surface area (TPSA) is 76.7 Å². The Labute approximate surface area is 151 Å². The van der Waals surface area contributed by atoms with E-state index in [4.69, 9.17) is 9.47 Å². The first-order valence-electron chi connectivity index (χ1n) is 7.03. The van der Waals surface area contributed by atoms with Crippen molar-refractivity contribution >= 4 is 38.4 Å². The van der Waals surface area contributed by atoms with Crippen molar-refractivity contribution in [1.29, 1.82) is 0 Å². The van der Waals surface area contributed by atoms with Crippen LogP contribution in [-0.2, 0) is 10.0 Å². The summed E-state index contributed by atoms with van der Waals surface area (Å²) in [4.78, 5) is 0.142. The van der Waals surface area contributed by atoms with Crippen molar-refractivity contribution < 1.29 is 17.9 Å². The third kappa shape index (κ3) is 4.73. The van der Waals surface area contributed by atoms with E-state index >= 15 is 0 Å². The summed E-state index contributed by atoms with van der Waals surface area (Å²) in [5.74, 6) is 1.14. The molecule has 132 valence electrons. The van der Waals surface area contributed by atoms with Crippen LogP contribution < -0.4 is 19.5 Å². The molecule has 0 amide bonds. The van der Waals surface area contributed by atoms with Gasteiger partial charge in [0.05, 0.1) is 14.2 Å². The average molecular weight is 430 g/mol. The maximum Gasteiger partial charge on any atom is 0.242 e. The predicted octanol–water partition coefficient (Wildman–Crippen LogP) is 2.16. The van der Waals surface area contributed by atoms with Crippen LogP contribution in [0.15, 0.2) is 21.5 Å². The van der Waals surface area contributed by atoms with E-state index in [1.54, 1.807) is 6.07 Å². The molecule has 23 heavy (non-hydrogen) atoms. The molecule has 2 N–H and O–H groups in total. The SMILES string of the molecule is COc1cc(Br)c(S(=O)(=O)NC2CNCCC2C)cc1OC.Cl. The van der Waals surface area contributed by atoms with Crippen molar-refractivity contribution in [1.82, 2.24) is 10.0 Å². The van der Waals surface area contributed by atoms with Gasteiger partial charge in [-0.3, -0.25) is 0 Å². The van der Waals surface area contributed by atoms with Gasteiger partial charge in [0.2, 0.25) is 10.0 Å². The summed E-state index contributed by atoms with van der Waals surface area (Å²) >= 11 is 3.30. The smallest absolute Gasteiger partial charge is 0.242 e. The molecule has 2 atom stereocenters. The van der Waals surface area contributed by atoms with Gasteiger partial charge in [0.1, 0.15) is 4.90 Å². The van der Waals surface area contributed by atoms with Gasteiger partial charge in [-0.05, 0) is 40.9 Å². The second kappa shape index (κ2) is 8.53. The molecule has 0 radical (unpaired) electrons. The van der Waals surface area contributed by atoms with E-state index in [2.05, 4.69) is 32.9 Å². The molecule has 1 saturated heterocycles. The molecule has 1 aromatic carbocycles. The fourth-order valence-electron chi connectivity index (χ4n) is 2.45. The molecule has 0 aromatic heterocycles. The quantitative estimate of drug-likeness (QED) is 0.750. The highest BCUT2D eigenvalue weighted by Crippen LogP contribution is 2.35. The molecule has 2 unspecified atom stereocenters. The minimum absolute atomic E-state index is 0. The summed E-state index contributed by atoms with van der Waals surface area (Å²) in [6, 6.07) is 2.93. The predicted molar refractivity (Wildman–Crippen MR) is 95.3 cm³/mol. The molecule has 1 aromatic rings. The van der Waals surface area contributed by atoms with E-state index in [0.717, 1.165) is 13.0 Å². The molecule has 0 aliphatic carbocycles. The number of rotatable bonds is 5. The maximum absolute atomic E-state index is 12.7. The first-order chi connectivity index (χ1) is 10.4. The number of nitrogens with one attached hydrogen (secondary N) is 2. The van der Waals surface area contributed by atoms with Crippen molar-refractivity contribution in [2.45, 2.75) is 24.3 Å². The van der Waals surface area contributed by atoms with Crippen LogP contribution in [0.4, 0.5) is 0 Å². The summed E-state index contributed by atoms with van der Waals surface area (Å²) in [6.45, 7) is 3.60. The molecule has 1 aliphatic heterocycles. The van der Waals surface area contributed by atoms with E-state index in [9.17, 15) is 8.42 Å². The van der Waals surface area contributed by atoms with Gasteiger partial charge in [-0.2, -0.15) is 0 Å². The lowest BCUT2D eigenvalue weighted by Crippen LogP contribution is -2.50. The first-order valence-corrected chi connectivity index (χ1v) is 9.31. The lowest BCUT2D eigenvalue weighted by atomic mass is 9.96. The van der Waals surface area contributed by atoms with Crippen LogP contribution in [0.1, 0.15) is 13.3 Å². The molecule has 2 rings (SSSR count). The van der Waals surface area contributed by atoms with Crippen molar-refractivity contribution in [2.24, 2.45) is 5.92 Å². The summed E-state index contributed by atoms with van der Waals surface area (Å²) in [5.41, 5.74) is 0. The molecule has 6 nitrogen and oxygen atoms in total. The van der Waals surface area contributed by atoms with E-state index in [1.165, 1.54) is 20.3 Å². The summed E-state index contributed by atoms with van der Waals surface area (Å²) in [5, 5.41) is 3.21. The van der Waals surface area contributed by atoms with Crippen LogP contribution in [0.5, 0.6) is 11.5 Å². The van der Waals surface area contributed by atoms with Crippen LogP contribution in [0.3, 0.4) is 0 Å². The number of hydrogen-bond donors (Lipinski definition) is 2. The van der Waals surface area contributed by atoms with Crippen molar-refractivity contribution in [2.75, 3.05) is 27.3 Å². The molecule has 1 heterocycles. The molecule has 0 spiro atoms. The monoisotopic (exact) mass is 428 g/mol. The van der Waals surface area contributed by atoms with Gasteiger partial charge in [0.25, 0.3) is 0 Å². The maximum atomic E-state index is 12.7. The minimum Gasteiger partial charge on any atom is -0.493 e. The third-order valence-corrected chi connectivity index (χ3v) is 6.31. The number of halogens is 2. The number of ether oxygens (including phenoxy) is 2. The third-order valence-electron chi connectivity index (χ3n) is 3.86. The second-order valence-electron chi connectivity index (χ2n) is 5.34.